The van der Waals surface area contributed by atoms with Gasteiger partial charge in [-0.3, -0.25) is 0 Å². The van der Waals surface area contributed by atoms with E-state index in [9.17, 15) is 18.0 Å². The summed E-state index contributed by atoms with van der Waals surface area (Å²) in [6.45, 7) is 6.99. The highest BCUT2D eigenvalue weighted by molar-refractivity contribution is 7.90. The summed E-state index contributed by atoms with van der Waals surface area (Å²) in [6.07, 6.45) is 2.35. The Bertz CT molecular complexity index is 911. The molecular formula is C18H23N3O5S. The number of aldehydes is 1. The van der Waals surface area contributed by atoms with E-state index in [4.69, 9.17) is 4.74 Å². The normalized spacial score (nSPS) is 13.0. The van der Waals surface area contributed by atoms with E-state index in [0.29, 0.717) is 12.0 Å². The van der Waals surface area contributed by atoms with E-state index in [1.807, 2.05) is 6.92 Å². The number of carbonyl (C=O) groups excluding carboxylic acids is 2. The highest BCUT2D eigenvalue weighted by atomic mass is 32.2. The van der Waals surface area contributed by atoms with E-state index < -0.39 is 27.8 Å². The first kappa shape index (κ1) is 20.6. The van der Waals surface area contributed by atoms with Crippen LogP contribution in [-0.4, -0.2) is 41.4 Å². The summed E-state index contributed by atoms with van der Waals surface area (Å²) < 4.78 is 31.3. The van der Waals surface area contributed by atoms with E-state index >= 15 is 0 Å². The molecule has 1 amide bonds. The fraction of sp³-hybridized carbons (Fsp3) is 0.389. The molecule has 1 N–H and O–H groups in total. The minimum absolute atomic E-state index is 0.0408. The zero-order valence-corrected chi connectivity index (χ0v) is 16.5. The van der Waals surface area contributed by atoms with Crippen molar-refractivity contribution in [3.63, 3.8) is 0 Å². The Balaban J connectivity index is 2.11. The average molecular weight is 393 g/mol. The Kier molecular flexibility index (Phi) is 6.04. The Morgan fingerprint density at radius 1 is 1.30 bits per heavy atom. The molecule has 8 nitrogen and oxygen atoms in total. The van der Waals surface area contributed by atoms with Gasteiger partial charge in [0.2, 0.25) is 0 Å². The van der Waals surface area contributed by atoms with Crippen molar-refractivity contribution in [2.75, 3.05) is 0 Å². The fourth-order valence-electron chi connectivity index (χ4n) is 2.23. The van der Waals surface area contributed by atoms with Gasteiger partial charge in [-0.2, -0.15) is 0 Å². The van der Waals surface area contributed by atoms with Gasteiger partial charge in [-0.05, 0) is 39.8 Å². The van der Waals surface area contributed by atoms with Crippen LogP contribution in [0.3, 0.4) is 0 Å². The standard InChI is InChI=1S/C18H23N3O5S/c1-13-5-7-16(8-6-13)27(24,25)21-10-14(19-12-21)9-15(11-22)20-17(23)26-18(2,3)4/h5-8,10-12,15H,9H2,1-4H3,(H,20,23)/t15-/m1/s1. The first-order valence-electron chi connectivity index (χ1n) is 8.31. The summed E-state index contributed by atoms with van der Waals surface area (Å²) in [5.74, 6) is 0. The molecule has 0 aliphatic carbocycles. The molecule has 0 bridgehead atoms. The van der Waals surface area contributed by atoms with Crippen LogP contribution in [0, 0.1) is 6.92 Å². The quantitative estimate of drug-likeness (QED) is 0.753. The van der Waals surface area contributed by atoms with Gasteiger partial charge in [0.15, 0.2) is 0 Å². The lowest BCUT2D eigenvalue weighted by Gasteiger charge is -2.21. The Morgan fingerprint density at radius 2 is 1.93 bits per heavy atom. The zero-order valence-electron chi connectivity index (χ0n) is 15.7. The number of amides is 1. The maximum absolute atomic E-state index is 12.6. The number of hydrogen-bond acceptors (Lipinski definition) is 6. The van der Waals surface area contributed by atoms with E-state index in [2.05, 4.69) is 10.3 Å². The van der Waals surface area contributed by atoms with Crippen LogP contribution in [0.5, 0.6) is 0 Å². The van der Waals surface area contributed by atoms with Crippen LogP contribution in [0.25, 0.3) is 0 Å². The van der Waals surface area contributed by atoms with Crippen molar-refractivity contribution < 1.29 is 22.7 Å². The van der Waals surface area contributed by atoms with E-state index in [0.717, 1.165) is 9.54 Å². The molecule has 1 aromatic heterocycles. The number of nitrogens with zero attached hydrogens (tertiary/aromatic N) is 2. The van der Waals surface area contributed by atoms with Gasteiger partial charge in [-0.15, -0.1) is 0 Å². The van der Waals surface area contributed by atoms with Crippen LogP contribution in [0.4, 0.5) is 4.79 Å². The van der Waals surface area contributed by atoms with Gasteiger partial charge < -0.3 is 14.8 Å². The lowest BCUT2D eigenvalue weighted by Crippen LogP contribution is -2.41. The van der Waals surface area contributed by atoms with E-state index in [1.54, 1.807) is 32.9 Å². The maximum atomic E-state index is 12.6. The molecule has 1 heterocycles. The molecule has 0 saturated carbocycles. The highest BCUT2D eigenvalue weighted by Crippen LogP contribution is 2.15. The van der Waals surface area contributed by atoms with Crippen molar-refractivity contribution in [2.45, 2.75) is 50.7 Å². The van der Waals surface area contributed by atoms with Gasteiger partial charge in [-0.25, -0.2) is 22.2 Å². The third-order valence-electron chi connectivity index (χ3n) is 3.51. The van der Waals surface area contributed by atoms with Crippen LogP contribution in [0.1, 0.15) is 32.0 Å². The summed E-state index contributed by atoms with van der Waals surface area (Å²) in [4.78, 5) is 27.2. The van der Waals surface area contributed by atoms with Gasteiger partial charge in [0, 0.05) is 12.6 Å². The van der Waals surface area contributed by atoms with Crippen molar-refractivity contribution in [3.05, 3.63) is 48.0 Å². The molecule has 0 unspecified atom stereocenters. The van der Waals surface area contributed by atoms with Crippen LogP contribution < -0.4 is 5.32 Å². The number of alkyl carbamates (subject to hydrolysis) is 1. The van der Waals surface area contributed by atoms with Crippen LogP contribution in [-0.2, 0) is 26.0 Å². The molecule has 0 saturated heterocycles. The van der Waals surface area contributed by atoms with E-state index in [1.165, 1.54) is 24.7 Å². The molecular weight excluding hydrogens is 370 g/mol. The van der Waals surface area contributed by atoms with Gasteiger partial charge in [0.05, 0.1) is 16.6 Å². The van der Waals surface area contributed by atoms with E-state index in [-0.39, 0.29) is 11.3 Å². The first-order valence-corrected chi connectivity index (χ1v) is 9.75. The molecule has 1 atom stereocenters. The number of nitrogens with one attached hydrogen (secondary N) is 1. The van der Waals surface area contributed by atoms with Crippen molar-refractivity contribution in [1.82, 2.24) is 14.3 Å². The highest BCUT2D eigenvalue weighted by Gasteiger charge is 2.21. The predicted octanol–water partition coefficient (Wildman–Crippen LogP) is 2.06. The van der Waals surface area contributed by atoms with Gasteiger partial charge in [0.25, 0.3) is 10.0 Å². The van der Waals surface area contributed by atoms with Gasteiger partial charge in [-0.1, -0.05) is 17.7 Å². The van der Waals surface area contributed by atoms with Crippen LogP contribution in [0.15, 0.2) is 41.7 Å². The maximum Gasteiger partial charge on any atom is 0.408 e. The summed E-state index contributed by atoms with van der Waals surface area (Å²) in [5, 5.41) is 2.43. The molecule has 27 heavy (non-hydrogen) atoms. The lowest BCUT2D eigenvalue weighted by molar-refractivity contribution is -0.109. The Hall–Kier alpha value is -2.68. The summed E-state index contributed by atoms with van der Waals surface area (Å²) in [6, 6.07) is 5.56. The smallest absolute Gasteiger partial charge is 0.408 e. The second-order valence-corrected chi connectivity index (χ2v) is 8.95. The zero-order chi connectivity index (χ0) is 20.2. The molecule has 0 radical (unpaired) electrons. The number of carbonyl (C=O) groups is 2. The fourth-order valence-corrected chi connectivity index (χ4v) is 3.39. The first-order chi connectivity index (χ1) is 12.5. The van der Waals surface area contributed by atoms with Gasteiger partial charge in [0.1, 0.15) is 18.2 Å². The summed E-state index contributed by atoms with van der Waals surface area (Å²) >= 11 is 0. The summed E-state index contributed by atoms with van der Waals surface area (Å²) in [7, 11) is -3.77. The number of benzene rings is 1. The van der Waals surface area contributed by atoms with Crippen LogP contribution >= 0.6 is 0 Å². The van der Waals surface area contributed by atoms with Crippen molar-refractivity contribution in [1.29, 1.82) is 0 Å². The largest absolute Gasteiger partial charge is 0.444 e. The molecule has 146 valence electrons. The molecule has 0 spiro atoms. The third kappa shape index (κ3) is 5.65. The number of imidazole rings is 1. The Labute approximate surface area is 158 Å². The molecule has 1 aromatic carbocycles. The molecule has 9 heteroatoms. The number of aromatic nitrogens is 2. The van der Waals surface area contributed by atoms with Crippen LogP contribution in [0.2, 0.25) is 0 Å². The second kappa shape index (κ2) is 7.91. The topological polar surface area (TPSA) is 107 Å². The minimum Gasteiger partial charge on any atom is -0.444 e. The number of hydrogen-bond donors (Lipinski definition) is 1. The molecule has 2 aromatic rings. The predicted molar refractivity (Wildman–Crippen MR) is 98.9 cm³/mol. The van der Waals surface area contributed by atoms with Crippen molar-refractivity contribution >= 4 is 22.4 Å². The monoisotopic (exact) mass is 393 g/mol. The molecule has 0 aliphatic heterocycles. The third-order valence-corrected chi connectivity index (χ3v) is 5.13. The number of rotatable bonds is 6. The average Bonchev–Trinajstić information content (AvgIpc) is 3.02. The molecule has 0 aliphatic rings. The molecule has 2 rings (SSSR count). The van der Waals surface area contributed by atoms with Crippen molar-refractivity contribution in [3.8, 4) is 0 Å². The SMILES string of the molecule is Cc1ccc(S(=O)(=O)n2cnc(C[C@H](C=O)NC(=O)OC(C)(C)C)c2)cc1. The number of ether oxygens (including phenoxy) is 1. The van der Waals surface area contributed by atoms with Crippen molar-refractivity contribution in [2.24, 2.45) is 0 Å². The summed E-state index contributed by atoms with van der Waals surface area (Å²) in [5.41, 5.74) is 0.599. The molecule has 0 fully saturated rings. The lowest BCUT2D eigenvalue weighted by atomic mass is 10.2. The minimum atomic E-state index is -3.77. The Morgan fingerprint density at radius 3 is 2.48 bits per heavy atom. The van der Waals surface area contributed by atoms with Gasteiger partial charge >= 0.3 is 6.09 Å². The number of aryl methyl sites for hydroxylation is 1. The second-order valence-electron chi connectivity index (χ2n) is 7.11.